The van der Waals surface area contributed by atoms with Crippen molar-refractivity contribution in [2.45, 2.75) is 25.4 Å². The average molecular weight is 351 g/mol. The van der Waals surface area contributed by atoms with Gasteiger partial charge in [-0.2, -0.15) is 0 Å². The molecule has 110 valence electrons. The maximum Gasteiger partial charge on any atom is 0.320 e. The van der Waals surface area contributed by atoms with Crippen molar-refractivity contribution >= 4 is 21.9 Å². The Morgan fingerprint density at radius 2 is 2.19 bits per heavy atom. The van der Waals surface area contributed by atoms with E-state index in [0.717, 1.165) is 28.7 Å². The molecule has 1 N–H and O–H groups in total. The van der Waals surface area contributed by atoms with E-state index >= 15 is 0 Å². The first kappa shape index (κ1) is 14.3. The van der Waals surface area contributed by atoms with Crippen LogP contribution >= 0.6 is 15.9 Å². The molecule has 3 rings (SSSR count). The van der Waals surface area contributed by atoms with Crippen molar-refractivity contribution in [1.29, 1.82) is 0 Å². The Labute approximate surface area is 130 Å². The zero-order chi connectivity index (χ0) is 14.8. The van der Waals surface area contributed by atoms with Crippen LogP contribution in [0.5, 0.6) is 0 Å². The van der Waals surface area contributed by atoms with Crippen molar-refractivity contribution in [2.75, 3.05) is 6.54 Å². The Morgan fingerprint density at radius 3 is 2.90 bits per heavy atom. The number of carbonyl (C=O) groups is 1. The number of rotatable bonds is 4. The Morgan fingerprint density at radius 1 is 1.43 bits per heavy atom. The summed E-state index contributed by atoms with van der Waals surface area (Å²) in [5, 5.41) is 9.18. The number of carboxylic acid groups (broad SMARTS) is 1. The first-order valence-corrected chi connectivity index (χ1v) is 7.60. The average Bonchev–Trinajstić information content (AvgIpc) is 3.09. The molecule has 0 spiro atoms. The number of nitrogens with zero attached hydrogens (tertiary/aromatic N) is 2. The molecule has 2 heterocycles. The molecule has 0 amide bonds. The summed E-state index contributed by atoms with van der Waals surface area (Å²) in [6.07, 6.45) is 3.22. The van der Waals surface area contributed by atoms with E-state index in [1.165, 1.54) is 0 Å². The normalized spacial score (nSPS) is 19.0. The van der Waals surface area contributed by atoms with Crippen LogP contribution in [-0.4, -0.2) is 33.5 Å². The van der Waals surface area contributed by atoms with E-state index in [9.17, 15) is 9.90 Å². The van der Waals surface area contributed by atoms with Crippen LogP contribution < -0.4 is 0 Å². The van der Waals surface area contributed by atoms with Gasteiger partial charge in [-0.1, -0.05) is 15.9 Å². The van der Waals surface area contributed by atoms with E-state index in [0.29, 0.717) is 18.9 Å². The highest BCUT2D eigenvalue weighted by atomic mass is 79.9. The maximum absolute atomic E-state index is 11.2. The van der Waals surface area contributed by atoms with Gasteiger partial charge in [0.05, 0.1) is 5.69 Å². The summed E-state index contributed by atoms with van der Waals surface area (Å²) in [6.45, 7) is 1.30. The SMILES string of the molecule is O=C(O)[C@@H]1CCCN1Cc1coc(-c2ccc(Br)cc2)n1. The molecular weight excluding hydrogens is 336 g/mol. The number of aromatic nitrogens is 1. The second kappa shape index (κ2) is 5.99. The molecule has 21 heavy (non-hydrogen) atoms. The predicted octanol–water partition coefficient (Wildman–Crippen LogP) is 3.15. The monoisotopic (exact) mass is 350 g/mol. The third kappa shape index (κ3) is 3.16. The molecule has 2 aromatic rings. The standard InChI is InChI=1S/C15H15BrN2O3/c16-11-5-3-10(4-6-11)14-17-12(9-21-14)8-18-7-1-2-13(18)15(19)20/h3-6,9,13H,1-2,7-8H2,(H,19,20)/t13-/m0/s1. The Kier molecular flexibility index (Phi) is 4.07. The van der Waals surface area contributed by atoms with E-state index in [2.05, 4.69) is 20.9 Å². The summed E-state index contributed by atoms with van der Waals surface area (Å²) in [7, 11) is 0. The smallest absolute Gasteiger partial charge is 0.320 e. The lowest BCUT2D eigenvalue weighted by atomic mass is 10.2. The molecule has 1 fully saturated rings. The van der Waals surface area contributed by atoms with Crippen molar-refractivity contribution < 1.29 is 14.3 Å². The van der Waals surface area contributed by atoms with Gasteiger partial charge in [-0.05, 0) is 43.7 Å². The molecule has 0 unspecified atom stereocenters. The van der Waals surface area contributed by atoms with Crippen LogP contribution in [0.3, 0.4) is 0 Å². The fourth-order valence-electron chi connectivity index (χ4n) is 2.61. The molecule has 5 nitrogen and oxygen atoms in total. The van der Waals surface area contributed by atoms with Gasteiger partial charge in [-0.15, -0.1) is 0 Å². The van der Waals surface area contributed by atoms with Gasteiger partial charge < -0.3 is 9.52 Å². The van der Waals surface area contributed by atoms with Gasteiger partial charge in [0, 0.05) is 16.6 Å². The molecule has 1 saturated heterocycles. The number of benzene rings is 1. The van der Waals surface area contributed by atoms with Crippen molar-refractivity contribution in [1.82, 2.24) is 9.88 Å². The van der Waals surface area contributed by atoms with Crippen molar-refractivity contribution in [3.63, 3.8) is 0 Å². The zero-order valence-corrected chi connectivity index (χ0v) is 12.9. The Bertz CT molecular complexity index is 639. The quantitative estimate of drug-likeness (QED) is 0.917. The summed E-state index contributed by atoms with van der Waals surface area (Å²) in [5.74, 6) is -0.201. The molecule has 1 atom stereocenters. The number of hydrogen-bond acceptors (Lipinski definition) is 4. The van der Waals surface area contributed by atoms with Gasteiger partial charge in [-0.3, -0.25) is 9.69 Å². The van der Waals surface area contributed by atoms with E-state index in [4.69, 9.17) is 4.42 Å². The van der Waals surface area contributed by atoms with Crippen LogP contribution in [0.15, 0.2) is 39.4 Å². The van der Waals surface area contributed by atoms with Gasteiger partial charge in [0.15, 0.2) is 0 Å². The van der Waals surface area contributed by atoms with Gasteiger partial charge in [-0.25, -0.2) is 4.98 Å². The minimum Gasteiger partial charge on any atom is -0.480 e. The molecule has 6 heteroatoms. The van der Waals surface area contributed by atoms with Gasteiger partial charge in [0.1, 0.15) is 12.3 Å². The first-order chi connectivity index (χ1) is 10.1. The summed E-state index contributed by atoms with van der Waals surface area (Å²) in [5.41, 5.74) is 1.67. The largest absolute Gasteiger partial charge is 0.480 e. The maximum atomic E-state index is 11.2. The van der Waals surface area contributed by atoms with Gasteiger partial charge >= 0.3 is 5.97 Å². The van der Waals surface area contributed by atoms with E-state index < -0.39 is 12.0 Å². The highest BCUT2D eigenvalue weighted by molar-refractivity contribution is 9.10. The zero-order valence-electron chi connectivity index (χ0n) is 11.3. The van der Waals surface area contributed by atoms with E-state index in [-0.39, 0.29) is 0 Å². The Hall–Kier alpha value is -1.66. The molecular formula is C15H15BrN2O3. The first-order valence-electron chi connectivity index (χ1n) is 6.80. The minimum atomic E-state index is -0.760. The number of halogens is 1. The van der Waals surface area contributed by atoms with Crippen molar-refractivity contribution in [3.8, 4) is 11.5 Å². The summed E-state index contributed by atoms with van der Waals surface area (Å²) < 4.78 is 6.50. The third-order valence-electron chi connectivity index (χ3n) is 3.66. The minimum absolute atomic E-state index is 0.405. The summed E-state index contributed by atoms with van der Waals surface area (Å²) >= 11 is 3.39. The molecule has 1 aromatic heterocycles. The van der Waals surface area contributed by atoms with Gasteiger partial charge in [0.2, 0.25) is 5.89 Å². The van der Waals surface area contributed by atoms with Crippen LogP contribution in [0, 0.1) is 0 Å². The van der Waals surface area contributed by atoms with Crippen molar-refractivity contribution in [3.05, 3.63) is 40.7 Å². The summed E-state index contributed by atoms with van der Waals surface area (Å²) in [6, 6.07) is 7.31. The van der Waals surface area contributed by atoms with Crippen LogP contribution in [0.25, 0.3) is 11.5 Å². The van der Waals surface area contributed by atoms with Crippen molar-refractivity contribution in [2.24, 2.45) is 0 Å². The lowest BCUT2D eigenvalue weighted by Crippen LogP contribution is -2.35. The van der Waals surface area contributed by atoms with E-state index in [1.54, 1.807) is 6.26 Å². The fraction of sp³-hybridized carbons (Fsp3) is 0.333. The molecule has 1 aliphatic heterocycles. The number of carboxylic acids is 1. The van der Waals surface area contributed by atoms with Crippen LogP contribution in [0.4, 0.5) is 0 Å². The topological polar surface area (TPSA) is 66.6 Å². The number of hydrogen-bond donors (Lipinski definition) is 1. The molecule has 0 saturated carbocycles. The number of oxazole rings is 1. The van der Waals surface area contributed by atoms with Gasteiger partial charge in [0.25, 0.3) is 0 Å². The molecule has 1 aromatic carbocycles. The highest BCUT2D eigenvalue weighted by Gasteiger charge is 2.30. The number of likely N-dealkylation sites (tertiary alicyclic amines) is 1. The second-order valence-electron chi connectivity index (χ2n) is 5.12. The lowest BCUT2D eigenvalue weighted by molar-refractivity contribution is -0.142. The molecule has 0 bridgehead atoms. The molecule has 0 aliphatic carbocycles. The molecule has 1 aliphatic rings. The van der Waals surface area contributed by atoms with Crippen LogP contribution in [0.2, 0.25) is 0 Å². The fourth-order valence-corrected chi connectivity index (χ4v) is 2.87. The van der Waals surface area contributed by atoms with Crippen LogP contribution in [-0.2, 0) is 11.3 Å². The van der Waals surface area contributed by atoms with Crippen LogP contribution in [0.1, 0.15) is 18.5 Å². The highest BCUT2D eigenvalue weighted by Crippen LogP contribution is 2.24. The lowest BCUT2D eigenvalue weighted by Gasteiger charge is -2.19. The number of aliphatic carboxylic acids is 1. The van der Waals surface area contributed by atoms with E-state index in [1.807, 2.05) is 29.2 Å². The predicted molar refractivity (Wildman–Crippen MR) is 80.7 cm³/mol. The molecule has 0 radical (unpaired) electrons. The second-order valence-corrected chi connectivity index (χ2v) is 6.03. The third-order valence-corrected chi connectivity index (χ3v) is 4.19. The summed E-state index contributed by atoms with van der Waals surface area (Å²) in [4.78, 5) is 17.6. The Balaban J connectivity index is 1.73.